The van der Waals surface area contributed by atoms with E-state index in [9.17, 15) is 14.4 Å². The number of hydrogen-bond acceptors (Lipinski definition) is 5. The summed E-state index contributed by atoms with van der Waals surface area (Å²) in [4.78, 5) is 38.6. The Hall–Kier alpha value is -3.81. The molecule has 0 radical (unpaired) electrons. The zero-order valence-corrected chi connectivity index (χ0v) is 19.0. The number of fused-ring (bicyclic) bond motifs is 2. The summed E-state index contributed by atoms with van der Waals surface area (Å²) in [7, 11) is 0. The van der Waals surface area contributed by atoms with Gasteiger partial charge in [0.15, 0.2) is 0 Å². The van der Waals surface area contributed by atoms with E-state index >= 15 is 0 Å². The van der Waals surface area contributed by atoms with Gasteiger partial charge in [0.05, 0.1) is 35.1 Å². The van der Waals surface area contributed by atoms with Crippen molar-refractivity contribution in [2.75, 3.05) is 0 Å². The molecular formula is C25H27N5O3. The predicted octanol–water partition coefficient (Wildman–Crippen LogP) is 2.82. The third kappa shape index (κ3) is 4.28. The fourth-order valence-corrected chi connectivity index (χ4v) is 3.99. The van der Waals surface area contributed by atoms with Gasteiger partial charge in [-0.15, -0.1) is 0 Å². The van der Waals surface area contributed by atoms with Crippen molar-refractivity contribution in [3.05, 3.63) is 81.1 Å². The number of nitrogens with one attached hydrogen (secondary N) is 1. The molecule has 0 unspecified atom stereocenters. The monoisotopic (exact) mass is 445 g/mol. The van der Waals surface area contributed by atoms with Crippen LogP contribution in [0.25, 0.3) is 21.5 Å². The summed E-state index contributed by atoms with van der Waals surface area (Å²) >= 11 is 0. The first-order chi connectivity index (χ1) is 15.9. The van der Waals surface area contributed by atoms with Crippen LogP contribution in [0.1, 0.15) is 38.8 Å². The van der Waals surface area contributed by atoms with Crippen LogP contribution >= 0.6 is 0 Å². The molecule has 0 saturated heterocycles. The van der Waals surface area contributed by atoms with Crippen LogP contribution in [0.4, 0.5) is 0 Å². The maximum absolute atomic E-state index is 13.2. The van der Waals surface area contributed by atoms with Crippen molar-refractivity contribution in [3.63, 3.8) is 0 Å². The Balaban J connectivity index is 1.60. The summed E-state index contributed by atoms with van der Waals surface area (Å²) in [6, 6.07) is 14.2. The summed E-state index contributed by atoms with van der Waals surface area (Å²) in [5.41, 5.74) is 0.203. The molecular weight excluding hydrogens is 418 g/mol. The van der Waals surface area contributed by atoms with Gasteiger partial charge >= 0.3 is 0 Å². The number of carbonyl (C=O) groups excluding carboxylic acids is 1. The average Bonchev–Trinajstić information content (AvgIpc) is 2.85. The Kier molecular flexibility index (Phi) is 6.35. The van der Waals surface area contributed by atoms with Crippen molar-refractivity contribution in [2.45, 2.75) is 52.2 Å². The molecule has 0 aliphatic heterocycles. The summed E-state index contributed by atoms with van der Waals surface area (Å²) in [5.74, 6) is -0.793. The molecule has 8 nitrogen and oxygen atoms in total. The molecule has 2 atom stereocenters. The number of benzene rings is 2. The number of aromatic nitrogens is 4. The lowest BCUT2D eigenvalue weighted by Crippen LogP contribution is -2.42. The Morgan fingerprint density at radius 1 is 0.939 bits per heavy atom. The SMILES string of the molecule is CC[C@H](Cn1ncc2ccccc2c1=O)NC(=O)[C@H](C)c1nn(CC)c(=O)c2ccccc12. The maximum atomic E-state index is 13.2. The van der Waals surface area contributed by atoms with Crippen LogP contribution in [0.2, 0.25) is 0 Å². The van der Waals surface area contributed by atoms with Crippen molar-refractivity contribution in [1.82, 2.24) is 24.9 Å². The van der Waals surface area contributed by atoms with Gasteiger partial charge < -0.3 is 5.32 Å². The fourth-order valence-electron chi connectivity index (χ4n) is 3.99. The normalized spacial score (nSPS) is 13.2. The van der Waals surface area contributed by atoms with Gasteiger partial charge in [0, 0.05) is 23.4 Å². The van der Waals surface area contributed by atoms with Gasteiger partial charge in [-0.1, -0.05) is 43.3 Å². The number of rotatable bonds is 7. The summed E-state index contributed by atoms with van der Waals surface area (Å²) < 4.78 is 2.78. The fraction of sp³-hybridized carbons (Fsp3) is 0.320. The molecule has 2 heterocycles. The zero-order chi connectivity index (χ0) is 23.5. The molecule has 0 fully saturated rings. The minimum absolute atomic E-state index is 0.169. The van der Waals surface area contributed by atoms with Gasteiger partial charge in [-0.25, -0.2) is 9.36 Å². The molecule has 2 aromatic heterocycles. The highest BCUT2D eigenvalue weighted by Crippen LogP contribution is 2.22. The largest absolute Gasteiger partial charge is 0.351 e. The molecule has 33 heavy (non-hydrogen) atoms. The van der Waals surface area contributed by atoms with E-state index in [1.165, 1.54) is 9.36 Å². The standard InChI is InChI=1S/C25H27N5O3/c1-4-18(15-30-24(32)19-11-7-6-10-17(19)14-26-30)27-23(31)16(3)22-20-12-8-9-13-21(20)25(33)29(5-2)28-22/h6-14,16,18H,4-5,15H2,1-3H3,(H,27,31)/t16-,18-/m1/s1. The van der Waals surface area contributed by atoms with Gasteiger partial charge in [0.1, 0.15) is 0 Å². The predicted molar refractivity (Wildman–Crippen MR) is 128 cm³/mol. The Morgan fingerprint density at radius 2 is 1.58 bits per heavy atom. The number of amides is 1. The summed E-state index contributed by atoms with van der Waals surface area (Å²) in [5, 5.41) is 14.4. The molecule has 0 aliphatic carbocycles. The van der Waals surface area contributed by atoms with Gasteiger partial charge in [-0.2, -0.15) is 10.2 Å². The van der Waals surface area contributed by atoms with Gasteiger partial charge in [0.2, 0.25) is 5.91 Å². The molecule has 8 heteroatoms. The molecule has 0 saturated carbocycles. The zero-order valence-electron chi connectivity index (χ0n) is 19.0. The highest BCUT2D eigenvalue weighted by Gasteiger charge is 2.24. The van der Waals surface area contributed by atoms with Crippen molar-refractivity contribution in [2.24, 2.45) is 0 Å². The first kappa shape index (κ1) is 22.4. The lowest BCUT2D eigenvalue weighted by molar-refractivity contribution is -0.123. The Morgan fingerprint density at radius 3 is 2.27 bits per heavy atom. The topological polar surface area (TPSA) is 98.9 Å². The van der Waals surface area contributed by atoms with E-state index in [2.05, 4.69) is 15.5 Å². The van der Waals surface area contributed by atoms with Crippen LogP contribution in [0.15, 0.2) is 64.3 Å². The number of hydrogen-bond donors (Lipinski definition) is 1. The lowest BCUT2D eigenvalue weighted by atomic mass is 10.00. The lowest BCUT2D eigenvalue weighted by Gasteiger charge is -2.21. The second kappa shape index (κ2) is 9.36. The Bertz CT molecular complexity index is 1440. The van der Waals surface area contributed by atoms with Crippen LogP contribution in [-0.4, -0.2) is 31.5 Å². The minimum Gasteiger partial charge on any atom is -0.351 e. The molecule has 4 aromatic rings. The highest BCUT2D eigenvalue weighted by molar-refractivity contribution is 5.91. The molecule has 4 rings (SSSR count). The first-order valence-corrected chi connectivity index (χ1v) is 11.2. The van der Waals surface area contributed by atoms with E-state index < -0.39 is 5.92 Å². The van der Waals surface area contributed by atoms with Crippen LogP contribution < -0.4 is 16.4 Å². The van der Waals surface area contributed by atoms with Crippen molar-refractivity contribution >= 4 is 27.5 Å². The van der Waals surface area contributed by atoms with E-state index in [1.807, 2.05) is 44.2 Å². The number of nitrogens with zero attached hydrogens (tertiary/aromatic N) is 4. The average molecular weight is 446 g/mol. The van der Waals surface area contributed by atoms with Crippen molar-refractivity contribution < 1.29 is 4.79 Å². The molecule has 170 valence electrons. The van der Waals surface area contributed by atoms with Gasteiger partial charge in [-0.05, 0) is 32.4 Å². The third-order valence-electron chi connectivity index (χ3n) is 5.99. The van der Waals surface area contributed by atoms with E-state index in [0.29, 0.717) is 34.8 Å². The maximum Gasteiger partial charge on any atom is 0.274 e. The van der Waals surface area contributed by atoms with E-state index in [1.54, 1.807) is 31.3 Å². The number of aryl methyl sites for hydroxylation is 1. The molecule has 0 spiro atoms. The Labute approximate surface area is 190 Å². The van der Waals surface area contributed by atoms with Crippen LogP contribution in [-0.2, 0) is 17.9 Å². The first-order valence-electron chi connectivity index (χ1n) is 11.2. The van der Waals surface area contributed by atoms with Crippen LogP contribution in [0.5, 0.6) is 0 Å². The molecule has 1 amide bonds. The molecule has 0 aliphatic rings. The smallest absolute Gasteiger partial charge is 0.274 e. The second-order valence-corrected chi connectivity index (χ2v) is 8.11. The quantitative estimate of drug-likeness (QED) is 0.472. The number of carbonyl (C=O) groups is 1. The minimum atomic E-state index is -0.580. The van der Waals surface area contributed by atoms with Crippen molar-refractivity contribution in [1.29, 1.82) is 0 Å². The van der Waals surface area contributed by atoms with E-state index in [0.717, 1.165) is 5.39 Å². The highest BCUT2D eigenvalue weighted by atomic mass is 16.2. The van der Waals surface area contributed by atoms with Crippen molar-refractivity contribution in [3.8, 4) is 0 Å². The van der Waals surface area contributed by atoms with E-state index in [4.69, 9.17) is 0 Å². The third-order valence-corrected chi connectivity index (χ3v) is 5.99. The summed E-state index contributed by atoms with van der Waals surface area (Å²) in [6.07, 6.45) is 2.29. The van der Waals surface area contributed by atoms with Gasteiger partial charge in [-0.3, -0.25) is 14.4 Å². The molecule has 2 aromatic carbocycles. The van der Waals surface area contributed by atoms with E-state index in [-0.39, 0.29) is 29.6 Å². The van der Waals surface area contributed by atoms with Crippen LogP contribution in [0.3, 0.4) is 0 Å². The van der Waals surface area contributed by atoms with Gasteiger partial charge in [0.25, 0.3) is 11.1 Å². The summed E-state index contributed by atoms with van der Waals surface area (Å²) in [6.45, 7) is 6.26. The molecule has 0 bridgehead atoms. The molecule has 1 N–H and O–H groups in total. The van der Waals surface area contributed by atoms with Crippen LogP contribution in [0, 0.1) is 0 Å². The second-order valence-electron chi connectivity index (χ2n) is 8.11.